The predicted molar refractivity (Wildman–Crippen MR) is 111 cm³/mol. The van der Waals surface area contributed by atoms with Crippen molar-refractivity contribution in [2.45, 2.75) is 20.3 Å². The molecule has 0 radical (unpaired) electrons. The zero-order valence-electron chi connectivity index (χ0n) is 16.2. The minimum absolute atomic E-state index is 0.313. The molecule has 144 valence electrons. The van der Waals surface area contributed by atoms with Gasteiger partial charge in [0, 0.05) is 37.0 Å². The lowest BCUT2D eigenvalue weighted by atomic mass is 9.91. The van der Waals surface area contributed by atoms with Crippen molar-refractivity contribution in [3.63, 3.8) is 0 Å². The van der Waals surface area contributed by atoms with E-state index in [-0.39, 0.29) is 11.8 Å². The highest BCUT2D eigenvalue weighted by Crippen LogP contribution is 2.21. The summed E-state index contributed by atoms with van der Waals surface area (Å²) in [6.45, 7) is 3.67. The number of benzene rings is 2. The van der Waals surface area contributed by atoms with E-state index in [1.807, 2.05) is 67.5 Å². The number of nitrogens with zero attached hydrogens (tertiary/aromatic N) is 1. The van der Waals surface area contributed by atoms with Crippen molar-refractivity contribution in [1.29, 1.82) is 0 Å². The average molecular weight is 388 g/mol. The smallest absolute Gasteiger partial charge is 0.239 e. The molecule has 0 aliphatic heterocycles. The standard InChI is InChI=1S/C21H26ClN3O2/c1-21(2,19(26)23-13-12-15-6-5-7-16(22)14-15)20(27)24-17-8-10-18(11-9-17)25(3)4/h5-11,14H,12-13H2,1-4H3,(H,23,26)(H,24,27). The SMILES string of the molecule is CN(C)c1ccc(NC(=O)C(C)(C)C(=O)NCCc2cccc(Cl)c2)cc1. The van der Waals surface area contributed by atoms with E-state index < -0.39 is 5.41 Å². The summed E-state index contributed by atoms with van der Waals surface area (Å²) < 4.78 is 0. The topological polar surface area (TPSA) is 61.4 Å². The number of carbonyl (C=O) groups excluding carboxylic acids is 2. The molecule has 2 N–H and O–H groups in total. The molecule has 0 saturated carbocycles. The van der Waals surface area contributed by atoms with Crippen molar-refractivity contribution < 1.29 is 9.59 Å². The molecule has 2 rings (SSSR count). The van der Waals surface area contributed by atoms with E-state index in [0.717, 1.165) is 11.3 Å². The molecule has 27 heavy (non-hydrogen) atoms. The Labute approximate surface area is 165 Å². The van der Waals surface area contributed by atoms with Crippen LogP contribution in [0.3, 0.4) is 0 Å². The first-order valence-corrected chi connectivity index (χ1v) is 9.19. The summed E-state index contributed by atoms with van der Waals surface area (Å²) >= 11 is 5.96. The first-order chi connectivity index (χ1) is 12.7. The van der Waals surface area contributed by atoms with Crippen LogP contribution in [-0.2, 0) is 16.0 Å². The van der Waals surface area contributed by atoms with Gasteiger partial charge in [-0.2, -0.15) is 0 Å². The molecule has 0 saturated heterocycles. The second-order valence-electron chi connectivity index (χ2n) is 7.16. The molecule has 2 aromatic rings. The van der Waals surface area contributed by atoms with Crippen molar-refractivity contribution in [3.05, 3.63) is 59.1 Å². The van der Waals surface area contributed by atoms with Crippen LogP contribution in [0.4, 0.5) is 11.4 Å². The molecule has 0 atom stereocenters. The third-order valence-electron chi connectivity index (χ3n) is 4.37. The molecule has 0 heterocycles. The molecule has 5 nitrogen and oxygen atoms in total. The quantitative estimate of drug-likeness (QED) is 0.711. The van der Waals surface area contributed by atoms with Crippen molar-refractivity contribution in [1.82, 2.24) is 5.32 Å². The Morgan fingerprint density at radius 1 is 1.04 bits per heavy atom. The largest absolute Gasteiger partial charge is 0.378 e. The summed E-state index contributed by atoms with van der Waals surface area (Å²) in [5, 5.41) is 6.31. The van der Waals surface area contributed by atoms with Gasteiger partial charge in [0.1, 0.15) is 5.41 Å². The molecule has 0 bridgehead atoms. The van der Waals surface area contributed by atoms with Crippen LogP contribution >= 0.6 is 11.6 Å². The van der Waals surface area contributed by atoms with E-state index >= 15 is 0 Å². The number of carbonyl (C=O) groups is 2. The van der Waals surface area contributed by atoms with Crippen LogP contribution in [0.2, 0.25) is 5.02 Å². The van der Waals surface area contributed by atoms with Gasteiger partial charge >= 0.3 is 0 Å². The minimum Gasteiger partial charge on any atom is -0.378 e. The zero-order chi connectivity index (χ0) is 20.0. The number of hydrogen-bond donors (Lipinski definition) is 2. The first-order valence-electron chi connectivity index (χ1n) is 8.82. The predicted octanol–water partition coefficient (Wildman–Crippen LogP) is 3.73. The third-order valence-corrected chi connectivity index (χ3v) is 4.60. The fourth-order valence-corrected chi connectivity index (χ4v) is 2.68. The maximum atomic E-state index is 12.6. The summed E-state index contributed by atoms with van der Waals surface area (Å²) in [5.74, 6) is -0.660. The van der Waals surface area contributed by atoms with E-state index in [4.69, 9.17) is 11.6 Å². The van der Waals surface area contributed by atoms with Crippen LogP contribution in [0.25, 0.3) is 0 Å². The Kier molecular flexibility index (Phi) is 6.86. The summed E-state index contributed by atoms with van der Waals surface area (Å²) in [4.78, 5) is 27.0. The molecule has 0 aliphatic rings. The second kappa shape index (κ2) is 8.91. The van der Waals surface area contributed by atoms with Gasteiger partial charge in [-0.1, -0.05) is 23.7 Å². The van der Waals surface area contributed by atoms with Gasteiger partial charge in [-0.05, 0) is 62.2 Å². The minimum atomic E-state index is -1.19. The van der Waals surface area contributed by atoms with Gasteiger partial charge in [-0.3, -0.25) is 9.59 Å². The monoisotopic (exact) mass is 387 g/mol. The highest BCUT2D eigenvalue weighted by Gasteiger charge is 2.35. The summed E-state index contributed by atoms with van der Waals surface area (Å²) in [7, 11) is 3.90. The van der Waals surface area contributed by atoms with Crippen molar-refractivity contribution in [3.8, 4) is 0 Å². The first kappa shape index (κ1) is 20.8. The van der Waals surface area contributed by atoms with Gasteiger partial charge in [-0.15, -0.1) is 0 Å². The van der Waals surface area contributed by atoms with Crippen molar-refractivity contribution in [2.75, 3.05) is 30.9 Å². The van der Waals surface area contributed by atoms with Crippen molar-refractivity contribution in [2.24, 2.45) is 5.41 Å². The van der Waals surface area contributed by atoms with E-state index in [2.05, 4.69) is 10.6 Å². The number of hydrogen-bond acceptors (Lipinski definition) is 3. The highest BCUT2D eigenvalue weighted by molar-refractivity contribution is 6.30. The highest BCUT2D eigenvalue weighted by atomic mass is 35.5. The molecule has 2 amide bonds. The van der Waals surface area contributed by atoms with Crippen LogP contribution in [0, 0.1) is 5.41 Å². The maximum absolute atomic E-state index is 12.6. The Hall–Kier alpha value is -2.53. The number of halogens is 1. The van der Waals surface area contributed by atoms with Gasteiger partial charge in [0.05, 0.1) is 0 Å². The molecule has 2 aromatic carbocycles. The number of anilines is 2. The van der Waals surface area contributed by atoms with Gasteiger partial charge in [0.25, 0.3) is 0 Å². The van der Waals surface area contributed by atoms with Gasteiger partial charge in [0.2, 0.25) is 11.8 Å². The molecular weight excluding hydrogens is 362 g/mol. The molecule has 0 spiro atoms. The lowest BCUT2D eigenvalue weighted by Gasteiger charge is -2.23. The number of rotatable bonds is 7. The molecule has 0 unspecified atom stereocenters. The Bertz CT molecular complexity index is 801. The van der Waals surface area contributed by atoms with Crippen molar-refractivity contribution >= 4 is 34.8 Å². The lowest BCUT2D eigenvalue weighted by Crippen LogP contribution is -2.45. The van der Waals surface area contributed by atoms with E-state index in [1.165, 1.54) is 0 Å². The van der Waals surface area contributed by atoms with Crippen LogP contribution in [0.15, 0.2) is 48.5 Å². The fraction of sp³-hybridized carbons (Fsp3) is 0.333. The third kappa shape index (κ3) is 5.73. The molecule has 0 aromatic heterocycles. The average Bonchev–Trinajstić information content (AvgIpc) is 2.62. The summed E-state index contributed by atoms with van der Waals surface area (Å²) in [5.41, 5.74) is 1.54. The number of amides is 2. The van der Waals surface area contributed by atoms with E-state index in [9.17, 15) is 9.59 Å². The molecule has 0 fully saturated rings. The maximum Gasteiger partial charge on any atom is 0.239 e. The normalized spacial score (nSPS) is 11.0. The van der Waals surface area contributed by atoms with Crippen LogP contribution < -0.4 is 15.5 Å². The van der Waals surface area contributed by atoms with Crippen LogP contribution in [0.1, 0.15) is 19.4 Å². The summed E-state index contributed by atoms with van der Waals surface area (Å²) in [6, 6.07) is 15.0. The Morgan fingerprint density at radius 3 is 2.30 bits per heavy atom. The molecule has 0 aliphatic carbocycles. The zero-order valence-corrected chi connectivity index (χ0v) is 16.9. The Morgan fingerprint density at radius 2 is 1.70 bits per heavy atom. The number of nitrogens with one attached hydrogen (secondary N) is 2. The molecular formula is C21H26ClN3O2. The van der Waals surface area contributed by atoms with E-state index in [0.29, 0.717) is 23.7 Å². The Balaban J connectivity index is 1.90. The summed E-state index contributed by atoms with van der Waals surface area (Å²) in [6.07, 6.45) is 0.649. The lowest BCUT2D eigenvalue weighted by molar-refractivity contribution is -0.138. The van der Waals surface area contributed by atoms with Gasteiger partial charge < -0.3 is 15.5 Å². The molecule has 6 heteroatoms. The van der Waals surface area contributed by atoms with Crippen LogP contribution in [0.5, 0.6) is 0 Å². The van der Waals surface area contributed by atoms with Gasteiger partial charge in [0.15, 0.2) is 0 Å². The van der Waals surface area contributed by atoms with E-state index in [1.54, 1.807) is 13.8 Å². The fourth-order valence-electron chi connectivity index (χ4n) is 2.47. The second-order valence-corrected chi connectivity index (χ2v) is 7.59. The van der Waals surface area contributed by atoms with Crippen LogP contribution in [-0.4, -0.2) is 32.5 Å². The van der Waals surface area contributed by atoms with Gasteiger partial charge in [-0.25, -0.2) is 0 Å².